The number of nitrogens with one attached hydrogen (secondary N) is 1. The third-order valence-corrected chi connectivity index (χ3v) is 8.08. The molecule has 2 fully saturated rings. The number of sulfonamides is 1. The van der Waals surface area contributed by atoms with E-state index in [0.29, 0.717) is 11.4 Å². The van der Waals surface area contributed by atoms with Crippen LogP contribution in [0.4, 0.5) is 5.69 Å². The van der Waals surface area contributed by atoms with Gasteiger partial charge in [-0.2, -0.15) is 4.31 Å². The number of carbonyl (C=O) groups excluding carboxylic acids is 2. The fraction of sp³-hybridized carbons (Fsp3) is 0.636. The van der Waals surface area contributed by atoms with E-state index in [1.54, 1.807) is 31.2 Å². The van der Waals surface area contributed by atoms with Gasteiger partial charge < -0.3 is 10.1 Å². The molecule has 0 aromatic heterocycles. The Morgan fingerprint density at radius 2 is 1.84 bits per heavy atom. The third kappa shape index (κ3) is 4.87. The van der Waals surface area contributed by atoms with Crippen LogP contribution in [-0.4, -0.2) is 62.1 Å². The molecule has 1 saturated carbocycles. The van der Waals surface area contributed by atoms with Crippen LogP contribution in [0.3, 0.4) is 0 Å². The standard InChI is InChI=1S/C22H33N3O5S/c1-4-31(28,29)24-15-20(26)25(18-13-9-10-14-19(18)30-3)22(2,16-24)21(27)23-17-11-7-5-6-8-12-17/h9-10,13-14,17H,4-8,11-12,15-16H2,1-3H3,(H,23,27)/t22-/m1/s1. The fourth-order valence-electron chi connectivity index (χ4n) is 4.50. The van der Waals surface area contributed by atoms with E-state index >= 15 is 0 Å². The molecule has 2 aliphatic rings. The molecule has 1 N–H and O–H groups in total. The molecule has 31 heavy (non-hydrogen) atoms. The molecule has 1 saturated heterocycles. The molecule has 8 nitrogen and oxygen atoms in total. The fourth-order valence-corrected chi connectivity index (χ4v) is 5.62. The molecule has 1 aromatic carbocycles. The summed E-state index contributed by atoms with van der Waals surface area (Å²) >= 11 is 0. The SMILES string of the molecule is CCS(=O)(=O)N1CC(=O)N(c2ccccc2OC)[C@@](C)(C(=O)NC2CCCCCC2)C1. The van der Waals surface area contributed by atoms with Gasteiger partial charge in [0.2, 0.25) is 21.8 Å². The Labute approximate surface area is 185 Å². The first-order valence-electron chi connectivity index (χ1n) is 11.0. The van der Waals surface area contributed by atoms with Gasteiger partial charge in [-0.15, -0.1) is 0 Å². The molecule has 1 aliphatic carbocycles. The van der Waals surface area contributed by atoms with Crippen molar-refractivity contribution in [2.45, 2.75) is 64.0 Å². The molecule has 0 unspecified atom stereocenters. The predicted molar refractivity (Wildman–Crippen MR) is 120 cm³/mol. The van der Waals surface area contributed by atoms with Gasteiger partial charge in [0.25, 0.3) is 0 Å². The molecule has 1 atom stereocenters. The highest BCUT2D eigenvalue weighted by molar-refractivity contribution is 7.89. The number of nitrogens with zero attached hydrogens (tertiary/aromatic N) is 2. The zero-order valence-electron chi connectivity index (χ0n) is 18.6. The van der Waals surface area contributed by atoms with Gasteiger partial charge in [0.15, 0.2) is 0 Å². The lowest BCUT2D eigenvalue weighted by Gasteiger charge is -2.47. The van der Waals surface area contributed by atoms with E-state index in [1.807, 2.05) is 0 Å². The lowest BCUT2D eigenvalue weighted by molar-refractivity contribution is -0.133. The lowest BCUT2D eigenvalue weighted by atomic mass is 9.93. The first kappa shape index (κ1) is 23.5. The van der Waals surface area contributed by atoms with Crippen LogP contribution in [-0.2, 0) is 19.6 Å². The molecule has 172 valence electrons. The number of ether oxygens (including phenoxy) is 1. The Morgan fingerprint density at radius 1 is 1.19 bits per heavy atom. The average Bonchev–Trinajstić information content (AvgIpc) is 3.02. The zero-order chi connectivity index (χ0) is 22.6. The second-order valence-electron chi connectivity index (χ2n) is 8.51. The highest BCUT2D eigenvalue weighted by Gasteiger charge is 2.51. The number of anilines is 1. The summed E-state index contributed by atoms with van der Waals surface area (Å²) in [4.78, 5) is 28.3. The Hall–Kier alpha value is -2.13. The summed E-state index contributed by atoms with van der Waals surface area (Å²) in [5.74, 6) is -0.466. The molecule has 1 aliphatic heterocycles. The van der Waals surface area contributed by atoms with Crippen molar-refractivity contribution in [2.24, 2.45) is 0 Å². The Morgan fingerprint density at radius 3 is 2.45 bits per heavy atom. The van der Waals surface area contributed by atoms with Crippen LogP contribution in [0.15, 0.2) is 24.3 Å². The van der Waals surface area contributed by atoms with E-state index < -0.39 is 21.5 Å². The van der Waals surface area contributed by atoms with Crippen molar-refractivity contribution in [1.82, 2.24) is 9.62 Å². The van der Waals surface area contributed by atoms with Crippen LogP contribution in [0.25, 0.3) is 0 Å². The van der Waals surface area contributed by atoms with Gasteiger partial charge in [-0.05, 0) is 38.8 Å². The minimum absolute atomic E-state index is 0.0274. The molecule has 9 heteroatoms. The van der Waals surface area contributed by atoms with Gasteiger partial charge in [0.05, 0.1) is 25.1 Å². The molecule has 1 aromatic rings. The van der Waals surface area contributed by atoms with E-state index in [0.717, 1.165) is 42.8 Å². The van der Waals surface area contributed by atoms with Crippen molar-refractivity contribution >= 4 is 27.5 Å². The summed E-state index contributed by atoms with van der Waals surface area (Å²) in [5.41, 5.74) is -0.944. The van der Waals surface area contributed by atoms with E-state index in [2.05, 4.69) is 5.32 Å². The van der Waals surface area contributed by atoms with Crippen molar-refractivity contribution in [3.63, 3.8) is 0 Å². The van der Waals surface area contributed by atoms with Crippen molar-refractivity contribution < 1.29 is 22.7 Å². The number of piperazine rings is 1. The third-order valence-electron chi connectivity index (χ3n) is 6.30. The number of benzene rings is 1. The van der Waals surface area contributed by atoms with Gasteiger partial charge in [0.1, 0.15) is 11.3 Å². The summed E-state index contributed by atoms with van der Waals surface area (Å²) in [7, 11) is -2.14. The smallest absolute Gasteiger partial charge is 0.247 e. The van der Waals surface area contributed by atoms with Gasteiger partial charge >= 0.3 is 0 Å². The lowest BCUT2D eigenvalue weighted by Crippen LogP contribution is -2.71. The average molecular weight is 452 g/mol. The second kappa shape index (κ2) is 9.56. The van der Waals surface area contributed by atoms with E-state index in [1.165, 1.54) is 18.9 Å². The maximum Gasteiger partial charge on any atom is 0.247 e. The van der Waals surface area contributed by atoms with Gasteiger partial charge in [-0.3, -0.25) is 14.5 Å². The normalized spacial score (nSPS) is 24.0. The molecule has 2 amide bonds. The predicted octanol–water partition coefficient (Wildman–Crippen LogP) is 2.29. The van der Waals surface area contributed by atoms with Crippen molar-refractivity contribution in [2.75, 3.05) is 30.9 Å². The summed E-state index contributed by atoms with van der Waals surface area (Å²) in [6, 6.07) is 7.02. The summed E-state index contributed by atoms with van der Waals surface area (Å²) in [6.07, 6.45) is 6.18. The van der Waals surface area contributed by atoms with Crippen LogP contribution in [0.5, 0.6) is 5.75 Å². The first-order chi connectivity index (χ1) is 14.7. The topological polar surface area (TPSA) is 96.0 Å². The molecular formula is C22H33N3O5S. The van der Waals surface area contributed by atoms with E-state index in [4.69, 9.17) is 4.74 Å². The second-order valence-corrected chi connectivity index (χ2v) is 10.8. The van der Waals surface area contributed by atoms with Crippen molar-refractivity contribution in [3.8, 4) is 5.75 Å². The van der Waals surface area contributed by atoms with Crippen LogP contribution in [0.2, 0.25) is 0 Å². The minimum Gasteiger partial charge on any atom is -0.495 e. The van der Waals surface area contributed by atoms with Gasteiger partial charge in [0, 0.05) is 12.6 Å². The number of methoxy groups -OCH3 is 1. The quantitative estimate of drug-likeness (QED) is 0.670. The van der Waals surface area contributed by atoms with Crippen molar-refractivity contribution in [3.05, 3.63) is 24.3 Å². The molecular weight excluding hydrogens is 418 g/mol. The minimum atomic E-state index is -3.64. The van der Waals surface area contributed by atoms with E-state index in [-0.39, 0.29) is 30.8 Å². The zero-order valence-corrected chi connectivity index (χ0v) is 19.4. The monoisotopic (exact) mass is 451 g/mol. The maximum atomic E-state index is 13.6. The van der Waals surface area contributed by atoms with Gasteiger partial charge in [-0.25, -0.2) is 8.42 Å². The number of rotatable bonds is 6. The highest BCUT2D eigenvalue weighted by Crippen LogP contribution is 2.36. The van der Waals surface area contributed by atoms with Crippen LogP contribution >= 0.6 is 0 Å². The summed E-state index contributed by atoms with van der Waals surface area (Å²) < 4.78 is 31.8. The van der Waals surface area contributed by atoms with Crippen LogP contribution < -0.4 is 15.0 Å². The number of para-hydroxylation sites is 2. The molecule has 0 radical (unpaired) electrons. The molecule has 0 bridgehead atoms. The molecule has 0 spiro atoms. The Bertz CT molecular complexity index is 911. The number of hydrogen-bond donors (Lipinski definition) is 1. The Balaban J connectivity index is 2.01. The summed E-state index contributed by atoms with van der Waals surface area (Å²) in [5, 5.41) is 3.12. The molecule has 1 heterocycles. The molecule has 3 rings (SSSR count). The Kier molecular flexibility index (Phi) is 7.26. The number of carbonyl (C=O) groups is 2. The number of amides is 2. The largest absolute Gasteiger partial charge is 0.495 e. The van der Waals surface area contributed by atoms with E-state index in [9.17, 15) is 18.0 Å². The van der Waals surface area contributed by atoms with Crippen LogP contribution in [0.1, 0.15) is 52.4 Å². The maximum absolute atomic E-state index is 13.6. The van der Waals surface area contributed by atoms with Crippen LogP contribution in [0, 0.1) is 0 Å². The highest BCUT2D eigenvalue weighted by atomic mass is 32.2. The summed E-state index contributed by atoms with van der Waals surface area (Å²) in [6.45, 7) is 2.77. The van der Waals surface area contributed by atoms with Gasteiger partial charge in [-0.1, -0.05) is 37.8 Å². The van der Waals surface area contributed by atoms with Crippen molar-refractivity contribution in [1.29, 1.82) is 0 Å². The first-order valence-corrected chi connectivity index (χ1v) is 12.6. The number of hydrogen-bond acceptors (Lipinski definition) is 5.